The number of hydrogen-bond acceptors (Lipinski definition) is 3. The Morgan fingerprint density at radius 1 is 1.00 bits per heavy atom. The minimum Gasteiger partial charge on any atom is -0.352 e. The summed E-state index contributed by atoms with van der Waals surface area (Å²) < 4.78 is 0. The van der Waals surface area contributed by atoms with Gasteiger partial charge in [-0.05, 0) is 28.8 Å². The largest absolute Gasteiger partial charge is 0.352 e. The fourth-order valence-electron chi connectivity index (χ4n) is 3.78. The molecule has 0 unspecified atom stereocenters. The second kappa shape index (κ2) is 9.30. The highest BCUT2D eigenvalue weighted by atomic mass is 16.1. The fraction of sp³-hybridized carbons (Fsp3) is 0.200. The normalized spacial score (nSPS) is 14.8. The highest BCUT2D eigenvalue weighted by Gasteiger charge is 2.33. The van der Waals surface area contributed by atoms with E-state index in [1.165, 1.54) is 11.1 Å². The Morgan fingerprint density at radius 3 is 2.24 bits per heavy atom. The average Bonchev–Trinajstić information content (AvgIpc) is 2.75. The second-order valence-corrected chi connectivity index (χ2v) is 7.41. The van der Waals surface area contributed by atoms with E-state index in [1.807, 2.05) is 12.1 Å². The zero-order chi connectivity index (χ0) is 19.9. The minimum absolute atomic E-state index is 0.0602. The molecule has 4 heteroatoms. The van der Waals surface area contributed by atoms with Crippen molar-refractivity contribution in [3.05, 3.63) is 108 Å². The van der Waals surface area contributed by atoms with Crippen molar-refractivity contribution in [3.8, 4) is 0 Å². The Bertz CT molecular complexity index is 896. The lowest BCUT2D eigenvalue weighted by atomic mass is 9.90. The summed E-state index contributed by atoms with van der Waals surface area (Å²) in [5.41, 5.74) is 3.53. The smallest absolute Gasteiger partial charge is 0.244 e. The second-order valence-electron chi connectivity index (χ2n) is 7.41. The topological polar surface area (TPSA) is 45.2 Å². The summed E-state index contributed by atoms with van der Waals surface area (Å²) in [6, 6.07) is 25.3. The molecule has 146 valence electrons. The molecule has 0 spiro atoms. The Kier molecular flexibility index (Phi) is 6.13. The molecule has 0 aliphatic carbocycles. The molecule has 3 aromatic rings. The van der Waals surface area contributed by atoms with Gasteiger partial charge in [0.25, 0.3) is 0 Å². The molecule has 29 heavy (non-hydrogen) atoms. The van der Waals surface area contributed by atoms with Crippen LogP contribution in [0.3, 0.4) is 0 Å². The van der Waals surface area contributed by atoms with Gasteiger partial charge >= 0.3 is 0 Å². The maximum atomic E-state index is 12.1. The van der Waals surface area contributed by atoms with E-state index in [4.69, 9.17) is 0 Å². The van der Waals surface area contributed by atoms with Crippen molar-refractivity contribution in [2.24, 2.45) is 5.92 Å². The first-order valence-corrected chi connectivity index (χ1v) is 9.99. The standard InChI is InChI=1S/C25H25N3O/c29-24(14-13-20-8-7-15-26-16-20)27-17-21-18-28(19-21)25(22-9-3-1-4-10-22)23-11-5-2-6-12-23/h1-16,21,25H,17-19H2,(H,27,29). The van der Waals surface area contributed by atoms with E-state index in [-0.39, 0.29) is 11.9 Å². The molecule has 2 heterocycles. The summed E-state index contributed by atoms with van der Waals surface area (Å²) in [7, 11) is 0. The SMILES string of the molecule is O=C(C=Cc1cccnc1)NCC1CN(C(c2ccccc2)c2ccccc2)C1. The molecule has 1 aromatic heterocycles. The van der Waals surface area contributed by atoms with Gasteiger partial charge in [0.2, 0.25) is 5.91 Å². The van der Waals surface area contributed by atoms with E-state index in [9.17, 15) is 4.79 Å². The highest BCUT2D eigenvalue weighted by Crippen LogP contribution is 2.33. The number of rotatable bonds is 7. The molecule has 1 aliphatic rings. The van der Waals surface area contributed by atoms with Gasteiger partial charge in [-0.1, -0.05) is 66.7 Å². The number of carbonyl (C=O) groups excluding carboxylic acids is 1. The number of nitrogens with one attached hydrogen (secondary N) is 1. The average molecular weight is 383 g/mol. The molecule has 1 N–H and O–H groups in total. The van der Waals surface area contributed by atoms with Gasteiger partial charge in [-0.25, -0.2) is 0 Å². The van der Waals surface area contributed by atoms with Gasteiger partial charge in [-0.2, -0.15) is 0 Å². The summed E-state index contributed by atoms with van der Waals surface area (Å²) >= 11 is 0. The van der Waals surface area contributed by atoms with Crippen LogP contribution < -0.4 is 5.32 Å². The summed E-state index contributed by atoms with van der Waals surface area (Å²) in [5.74, 6) is 0.413. The third-order valence-electron chi connectivity index (χ3n) is 5.26. The van der Waals surface area contributed by atoms with Crippen molar-refractivity contribution >= 4 is 12.0 Å². The first kappa shape index (κ1) is 19.1. The lowest BCUT2D eigenvalue weighted by Gasteiger charge is -2.45. The molecule has 2 aromatic carbocycles. The van der Waals surface area contributed by atoms with Crippen LogP contribution in [0, 0.1) is 5.92 Å². The predicted molar refractivity (Wildman–Crippen MR) is 116 cm³/mol. The van der Waals surface area contributed by atoms with Crippen LogP contribution in [-0.4, -0.2) is 35.4 Å². The van der Waals surface area contributed by atoms with Crippen LogP contribution in [0.1, 0.15) is 22.7 Å². The van der Waals surface area contributed by atoms with Crippen molar-refractivity contribution in [2.75, 3.05) is 19.6 Å². The number of carbonyl (C=O) groups is 1. The van der Waals surface area contributed by atoms with Gasteiger partial charge in [0.05, 0.1) is 6.04 Å². The van der Waals surface area contributed by atoms with Crippen LogP contribution in [-0.2, 0) is 4.79 Å². The van der Waals surface area contributed by atoms with Crippen molar-refractivity contribution in [1.29, 1.82) is 0 Å². The van der Waals surface area contributed by atoms with Crippen molar-refractivity contribution < 1.29 is 4.79 Å². The summed E-state index contributed by atoms with van der Waals surface area (Å²) in [6.45, 7) is 2.64. The first-order chi connectivity index (χ1) is 14.3. The number of amides is 1. The lowest BCUT2D eigenvalue weighted by Crippen LogP contribution is -2.52. The Morgan fingerprint density at radius 2 is 1.66 bits per heavy atom. The molecule has 0 saturated carbocycles. The maximum Gasteiger partial charge on any atom is 0.244 e. The third-order valence-corrected chi connectivity index (χ3v) is 5.26. The zero-order valence-corrected chi connectivity index (χ0v) is 16.3. The lowest BCUT2D eigenvalue weighted by molar-refractivity contribution is -0.117. The quantitative estimate of drug-likeness (QED) is 0.629. The molecule has 1 aliphatic heterocycles. The number of likely N-dealkylation sites (tertiary alicyclic amines) is 1. The number of benzene rings is 2. The van der Waals surface area contributed by atoms with E-state index < -0.39 is 0 Å². The van der Waals surface area contributed by atoms with Gasteiger partial charge in [0.1, 0.15) is 0 Å². The molecular formula is C25H25N3O. The van der Waals surface area contributed by atoms with E-state index in [1.54, 1.807) is 24.5 Å². The minimum atomic E-state index is -0.0602. The Labute approximate surface area is 171 Å². The maximum absolute atomic E-state index is 12.1. The molecule has 4 rings (SSSR count). The Hall–Kier alpha value is -3.24. The van der Waals surface area contributed by atoms with Crippen LogP contribution >= 0.6 is 0 Å². The van der Waals surface area contributed by atoms with Crippen LogP contribution in [0.2, 0.25) is 0 Å². The van der Waals surface area contributed by atoms with Gasteiger partial charge < -0.3 is 5.32 Å². The number of nitrogens with zero attached hydrogens (tertiary/aromatic N) is 2. The molecule has 0 atom stereocenters. The number of hydrogen-bond donors (Lipinski definition) is 1. The van der Waals surface area contributed by atoms with E-state index in [2.05, 4.69) is 75.9 Å². The highest BCUT2D eigenvalue weighted by molar-refractivity contribution is 5.91. The predicted octanol–water partition coefficient (Wildman–Crippen LogP) is 3.93. The van der Waals surface area contributed by atoms with Crippen LogP contribution in [0.4, 0.5) is 0 Å². The van der Waals surface area contributed by atoms with E-state index in [0.717, 1.165) is 18.7 Å². The van der Waals surface area contributed by atoms with Gasteiger partial charge in [0.15, 0.2) is 0 Å². The van der Waals surface area contributed by atoms with Crippen molar-refractivity contribution in [1.82, 2.24) is 15.2 Å². The monoisotopic (exact) mass is 383 g/mol. The molecule has 0 radical (unpaired) electrons. The van der Waals surface area contributed by atoms with Crippen LogP contribution in [0.15, 0.2) is 91.3 Å². The molecular weight excluding hydrogens is 358 g/mol. The van der Waals surface area contributed by atoms with Crippen molar-refractivity contribution in [3.63, 3.8) is 0 Å². The zero-order valence-electron chi connectivity index (χ0n) is 16.3. The van der Waals surface area contributed by atoms with Gasteiger partial charge in [-0.3, -0.25) is 14.7 Å². The van der Waals surface area contributed by atoms with Crippen LogP contribution in [0.5, 0.6) is 0 Å². The molecule has 1 saturated heterocycles. The first-order valence-electron chi connectivity index (χ1n) is 9.99. The van der Waals surface area contributed by atoms with Crippen molar-refractivity contribution in [2.45, 2.75) is 6.04 Å². The number of aromatic nitrogens is 1. The van der Waals surface area contributed by atoms with E-state index in [0.29, 0.717) is 12.5 Å². The van der Waals surface area contributed by atoms with E-state index >= 15 is 0 Å². The number of pyridine rings is 1. The molecule has 4 nitrogen and oxygen atoms in total. The summed E-state index contributed by atoms with van der Waals surface area (Å²) in [4.78, 5) is 18.6. The fourth-order valence-corrected chi connectivity index (χ4v) is 3.78. The molecule has 1 fully saturated rings. The third kappa shape index (κ3) is 4.98. The molecule has 1 amide bonds. The summed E-state index contributed by atoms with van der Waals surface area (Å²) in [5, 5.41) is 3.02. The summed E-state index contributed by atoms with van der Waals surface area (Å²) in [6.07, 6.45) is 6.82. The molecule has 0 bridgehead atoms. The van der Waals surface area contributed by atoms with Gasteiger partial charge in [-0.15, -0.1) is 0 Å². The van der Waals surface area contributed by atoms with Crippen LogP contribution in [0.25, 0.3) is 6.08 Å². The van der Waals surface area contributed by atoms with Gasteiger partial charge in [0, 0.05) is 44.0 Å². The Balaban J connectivity index is 1.32.